The van der Waals surface area contributed by atoms with Gasteiger partial charge in [0.05, 0.1) is 17.5 Å². The molecule has 0 aliphatic heterocycles. The van der Waals surface area contributed by atoms with Crippen LogP contribution in [0.1, 0.15) is 22.8 Å². The molecule has 0 aliphatic carbocycles. The summed E-state index contributed by atoms with van der Waals surface area (Å²) < 4.78 is 0. The lowest BCUT2D eigenvalue weighted by Crippen LogP contribution is -2.20. The second kappa shape index (κ2) is 7.03. The van der Waals surface area contributed by atoms with Crippen LogP contribution in [0.4, 0.5) is 5.69 Å². The summed E-state index contributed by atoms with van der Waals surface area (Å²) in [5, 5.41) is 16.0. The molecule has 6 nitrogen and oxygen atoms in total. The van der Waals surface area contributed by atoms with Crippen molar-refractivity contribution in [3.8, 4) is 5.75 Å². The van der Waals surface area contributed by atoms with Gasteiger partial charge in [-0.2, -0.15) is 5.10 Å². The molecule has 0 saturated carbocycles. The van der Waals surface area contributed by atoms with Crippen molar-refractivity contribution in [2.45, 2.75) is 6.92 Å². The molecule has 3 N–H and O–H groups in total. The molecule has 0 fully saturated rings. The maximum Gasteiger partial charge on any atom is 0.273 e. The van der Waals surface area contributed by atoms with E-state index in [4.69, 9.17) is 0 Å². The number of nitrogens with zero attached hydrogens (tertiary/aromatic N) is 1. The quantitative estimate of drug-likeness (QED) is 0.596. The van der Waals surface area contributed by atoms with Crippen LogP contribution in [0.5, 0.6) is 5.75 Å². The maximum atomic E-state index is 12.1. The minimum Gasteiger partial charge on any atom is -0.507 e. The number of benzene rings is 2. The lowest BCUT2D eigenvalue weighted by molar-refractivity contribution is -0.114. The van der Waals surface area contributed by atoms with E-state index in [1.54, 1.807) is 42.5 Å². The van der Waals surface area contributed by atoms with Crippen LogP contribution in [-0.4, -0.2) is 23.1 Å². The summed E-state index contributed by atoms with van der Waals surface area (Å²) in [5.74, 6) is -0.659. The van der Waals surface area contributed by atoms with Crippen molar-refractivity contribution in [2.75, 3.05) is 5.32 Å². The molecule has 0 spiro atoms. The number of phenolic OH excluding ortho intramolecular Hbond substituents is 1. The number of phenols is 1. The van der Waals surface area contributed by atoms with Gasteiger partial charge in [-0.1, -0.05) is 24.3 Å². The Balaban J connectivity index is 2.10. The summed E-state index contributed by atoms with van der Waals surface area (Å²) in [6.45, 7) is 1.37. The highest BCUT2D eigenvalue weighted by atomic mass is 16.3. The third-order valence-corrected chi connectivity index (χ3v) is 2.79. The normalized spacial score (nSPS) is 10.4. The number of carbonyl (C=O) groups is 2. The first-order chi connectivity index (χ1) is 10.6. The maximum absolute atomic E-state index is 12.1. The molecule has 0 aromatic heterocycles. The molecule has 0 radical (unpaired) electrons. The summed E-state index contributed by atoms with van der Waals surface area (Å²) in [5.41, 5.74) is 3.55. The zero-order valence-corrected chi connectivity index (χ0v) is 11.9. The Kier molecular flexibility index (Phi) is 4.87. The molecule has 2 aromatic carbocycles. The van der Waals surface area contributed by atoms with Gasteiger partial charge in [0.25, 0.3) is 5.91 Å². The molecule has 112 valence electrons. The van der Waals surface area contributed by atoms with Crippen molar-refractivity contribution in [2.24, 2.45) is 5.10 Å². The van der Waals surface area contributed by atoms with E-state index in [0.29, 0.717) is 16.8 Å². The van der Waals surface area contributed by atoms with E-state index in [1.165, 1.54) is 19.2 Å². The molecule has 0 unspecified atom stereocenters. The fraction of sp³-hybridized carbons (Fsp3) is 0.0625. The monoisotopic (exact) mass is 297 g/mol. The summed E-state index contributed by atoms with van der Waals surface area (Å²) in [6.07, 6.45) is 1.34. The third-order valence-electron chi connectivity index (χ3n) is 2.79. The summed E-state index contributed by atoms with van der Waals surface area (Å²) >= 11 is 0. The molecule has 22 heavy (non-hydrogen) atoms. The van der Waals surface area contributed by atoms with Crippen molar-refractivity contribution in [3.05, 3.63) is 59.7 Å². The van der Waals surface area contributed by atoms with Crippen LogP contribution >= 0.6 is 0 Å². The number of hydrogen-bond donors (Lipinski definition) is 3. The van der Waals surface area contributed by atoms with Crippen LogP contribution in [0.3, 0.4) is 0 Å². The van der Waals surface area contributed by atoms with E-state index in [9.17, 15) is 14.7 Å². The molecular weight excluding hydrogens is 282 g/mol. The van der Waals surface area contributed by atoms with Crippen molar-refractivity contribution in [3.63, 3.8) is 0 Å². The van der Waals surface area contributed by atoms with Crippen LogP contribution < -0.4 is 10.7 Å². The zero-order valence-electron chi connectivity index (χ0n) is 11.9. The Bertz CT molecular complexity index is 726. The molecule has 2 amide bonds. The highest BCUT2D eigenvalue weighted by Gasteiger charge is 2.10. The highest BCUT2D eigenvalue weighted by Crippen LogP contribution is 2.15. The van der Waals surface area contributed by atoms with E-state index < -0.39 is 5.91 Å². The molecule has 0 heterocycles. The Labute approximate surface area is 127 Å². The van der Waals surface area contributed by atoms with Gasteiger partial charge in [-0.25, -0.2) is 5.43 Å². The topological polar surface area (TPSA) is 90.8 Å². The van der Waals surface area contributed by atoms with E-state index in [0.717, 1.165) is 0 Å². The van der Waals surface area contributed by atoms with Gasteiger partial charge in [-0.3, -0.25) is 9.59 Å². The van der Waals surface area contributed by atoms with Gasteiger partial charge in [0.1, 0.15) is 5.75 Å². The van der Waals surface area contributed by atoms with E-state index in [-0.39, 0.29) is 11.7 Å². The lowest BCUT2D eigenvalue weighted by atomic mass is 10.1. The average molecular weight is 297 g/mol. The summed E-state index contributed by atoms with van der Waals surface area (Å²) in [6, 6.07) is 13.2. The van der Waals surface area contributed by atoms with Gasteiger partial charge >= 0.3 is 0 Å². The average Bonchev–Trinajstić information content (AvgIpc) is 2.49. The number of aromatic hydroxyl groups is 1. The van der Waals surface area contributed by atoms with Crippen LogP contribution in [0.15, 0.2) is 53.6 Å². The molecule has 0 bridgehead atoms. The highest BCUT2D eigenvalue weighted by molar-refractivity contribution is 6.03. The molecule has 0 aliphatic rings. The molecular formula is C16H15N3O3. The number of hydrogen-bond acceptors (Lipinski definition) is 4. The predicted molar refractivity (Wildman–Crippen MR) is 83.9 cm³/mol. The fourth-order valence-electron chi connectivity index (χ4n) is 1.80. The lowest BCUT2D eigenvalue weighted by Gasteiger charge is -2.08. The van der Waals surface area contributed by atoms with Crippen molar-refractivity contribution in [1.29, 1.82) is 0 Å². The Morgan fingerprint density at radius 1 is 1.09 bits per heavy atom. The number of para-hydroxylation sites is 2. The number of amides is 2. The van der Waals surface area contributed by atoms with Gasteiger partial charge in [0.2, 0.25) is 5.91 Å². The molecule has 0 atom stereocenters. The first-order valence-electron chi connectivity index (χ1n) is 6.56. The van der Waals surface area contributed by atoms with E-state index >= 15 is 0 Å². The van der Waals surface area contributed by atoms with Crippen molar-refractivity contribution >= 4 is 23.7 Å². The SMILES string of the molecule is CC(=O)Nc1ccccc1C(=O)N/N=C\c1ccccc1O. The predicted octanol–water partition coefficient (Wildman–Crippen LogP) is 2.11. The second-order valence-electron chi connectivity index (χ2n) is 4.48. The van der Waals surface area contributed by atoms with Crippen LogP contribution in [0.2, 0.25) is 0 Å². The van der Waals surface area contributed by atoms with Crippen LogP contribution in [0.25, 0.3) is 0 Å². The van der Waals surface area contributed by atoms with Gasteiger partial charge < -0.3 is 10.4 Å². The summed E-state index contributed by atoms with van der Waals surface area (Å²) in [7, 11) is 0. The minimum atomic E-state index is -0.462. The minimum absolute atomic E-state index is 0.0687. The number of rotatable bonds is 4. The van der Waals surface area contributed by atoms with Gasteiger partial charge in [-0.15, -0.1) is 0 Å². The van der Waals surface area contributed by atoms with Crippen LogP contribution in [-0.2, 0) is 4.79 Å². The van der Waals surface area contributed by atoms with Crippen molar-refractivity contribution < 1.29 is 14.7 Å². The zero-order chi connectivity index (χ0) is 15.9. The second-order valence-corrected chi connectivity index (χ2v) is 4.48. The largest absolute Gasteiger partial charge is 0.507 e. The Hall–Kier alpha value is -3.15. The smallest absolute Gasteiger partial charge is 0.273 e. The Morgan fingerprint density at radius 2 is 1.77 bits per heavy atom. The van der Waals surface area contributed by atoms with Crippen molar-refractivity contribution in [1.82, 2.24) is 5.43 Å². The Morgan fingerprint density at radius 3 is 2.50 bits per heavy atom. The standard InChI is InChI=1S/C16H15N3O3/c1-11(20)18-14-8-4-3-7-13(14)16(22)19-17-10-12-6-2-5-9-15(12)21/h2-10,21H,1H3,(H,18,20)(H,19,22)/b17-10-. The first kappa shape index (κ1) is 15.2. The molecule has 2 rings (SSSR count). The fourth-order valence-corrected chi connectivity index (χ4v) is 1.80. The third kappa shape index (κ3) is 3.92. The van der Waals surface area contributed by atoms with E-state index in [1.807, 2.05) is 0 Å². The molecule has 2 aromatic rings. The summed E-state index contributed by atoms with van der Waals surface area (Å²) in [4.78, 5) is 23.2. The number of hydrazone groups is 1. The van der Waals surface area contributed by atoms with Gasteiger partial charge in [-0.05, 0) is 24.3 Å². The van der Waals surface area contributed by atoms with Crippen LogP contribution in [0, 0.1) is 0 Å². The van der Waals surface area contributed by atoms with Gasteiger partial charge in [0, 0.05) is 12.5 Å². The first-order valence-corrected chi connectivity index (χ1v) is 6.56. The number of nitrogens with one attached hydrogen (secondary N) is 2. The molecule has 6 heteroatoms. The number of anilines is 1. The van der Waals surface area contributed by atoms with E-state index in [2.05, 4.69) is 15.8 Å². The number of carbonyl (C=O) groups excluding carboxylic acids is 2. The van der Waals surface area contributed by atoms with Gasteiger partial charge in [0.15, 0.2) is 0 Å². The molecule has 0 saturated heterocycles.